The lowest BCUT2D eigenvalue weighted by molar-refractivity contribution is 0.0890. The van der Waals surface area contributed by atoms with Crippen molar-refractivity contribution in [1.82, 2.24) is 0 Å². The van der Waals surface area contributed by atoms with E-state index in [0.717, 1.165) is 0 Å². The van der Waals surface area contributed by atoms with Crippen LogP contribution in [0.2, 0.25) is 0 Å². The van der Waals surface area contributed by atoms with E-state index in [9.17, 15) is 0 Å². The third kappa shape index (κ3) is 2.95. The van der Waals surface area contributed by atoms with E-state index in [1.54, 1.807) is 0 Å². The number of benzene rings is 2. The van der Waals surface area contributed by atoms with Gasteiger partial charge in [0.1, 0.15) is 5.44 Å². The fourth-order valence-electron chi connectivity index (χ4n) is 2.44. The third-order valence-corrected chi connectivity index (χ3v) is 6.26. The molecule has 0 N–H and O–H groups in total. The largest absolute Gasteiger partial charge is 0.358 e. The molecule has 0 spiro atoms. The van der Waals surface area contributed by atoms with Gasteiger partial charge in [-0.25, -0.2) is 0 Å². The Morgan fingerprint density at radius 1 is 0.950 bits per heavy atom. The summed E-state index contributed by atoms with van der Waals surface area (Å²) in [5.41, 5.74) is 1.43. The van der Waals surface area contributed by atoms with Gasteiger partial charge in [0.05, 0.1) is 10.9 Å². The van der Waals surface area contributed by atoms with Crippen molar-refractivity contribution in [3.05, 3.63) is 66.2 Å². The predicted molar refractivity (Wildman–Crippen MR) is 88.2 cm³/mol. The highest BCUT2D eigenvalue weighted by Gasteiger charge is 2.41. The minimum absolute atomic E-state index is 0.132. The summed E-state index contributed by atoms with van der Waals surface area (Å²) in [5, 5.41) is 0. The van der Waals surface area contributed by atoms with Crippen molar-refractivity contribution in [2.45, 2.75) is 28.2 Å². The summed E-state index contributed by atoms with van der Waals surface area (Å²) in [4.78, 5) is 1.61. The molecule has 0 radical (unpaired) electrons. The number of hydrogen-bond donors (Lipinski definition) is 0. The van der Waals surface area contributed by atoms with Crippen LogP contribution in [-0.4, -0.2) is 10.3 Å². The van der Waals surface area contributed by atoms with Crippen LogP contribution in [0.1, 0.15) is 18.6 Å². The molecule has 1 fully saturated rings. The lowest BCUT2D eigenvalue weighted by Gasteiger charge is -2.15. The van der Waals surface area contributed by atoms with E-state index in [1.807, 2.05) is 23.9 Å². The zero-order valence-electron chi connectivity index (χ0n) is 11.3. The normalized spacial score (nSPS) is 29.5. The standard InChI is InChI=1S/C17H17BrOS/c1-12-15(18)16(13-8-4-2-5-9-13)19-17(12)20-14-10-6-3-7-11-14/h2-12,15-17H,1H3/t12-,15-,16+,17+/m1/s1. The molecule has 3 heteroatoms. The second-order valence-corrected chi connectivity index (χ2v) is 7.30. The highest BCUT2D eigenvalue weighted by atomic mass is 79.9. The number of alkyl halides is 1. The van der Waals surface area contributed by atoms with E-state index < -0.39 is 0 Å². The van der Waals surface area contributed by atoms with E-state index in [-0.39, 0.29) is 11.5 Å². The average Bonchev–Trinajstić information content (AvgIpc) is 2.78. The molecule has 1 saturated heterocycles. The first-order valence-corrected chi connectivity index (χ1v) is 8.61. The minimum atomic E-state index is 0.132. The van der Waals surface area contributed by atoms with Crippen LogP contribution in [0.5, 0.6) is 0 Å². The first-order valence-electron chi connectivity index (χ1n) is 6.82. The van der Waals surface area contributed by atoms with Gasteiger partial charge < -0.3 is 4.74 Å². The smallest absolute Gasteiger partial charge is 0.112 e. The van der Waals surface area contributed by atoms with Gasteiger partial charge >= 0.3 is 0 Å². The van der Waals surface area contributed by atoms with Crippen LogP contribution < -0.4 is 0 Å². The number of ether oxygens (including phenoxy) is 1. The lowest BCUT2D eigenvalue weighted by atomic mass is 10.0. The van der Waals surface area contributed by atoms with Crippen LogP contribution in [-0.2, 0) is 4.74 Å². The van der Waals surface area contributed by atoms with Gasteiger partial charge in [-0.05, 0) is 17.7 Å². The maximum Gasteiger partial charge on any atom is 0.112 e. The Balaban J connectivity index is 1.75. The van der Waals surface area contributed by atoms with Crippen molar-refractivity contribution in [3.8, 4) is 0 Å². The Morgan fingerprint density at radius 3 is 2.20 bits per heavy atom. The predicted octanol–water partition coefficient (Wildman–Crippen LogP) is 5.28. The summed E-state index contributed by atoms with van der Waals surface area (Å²) in [6.45, 7) is 2.25. The SMILES string of the molecule is C[C@@H]1[C@@H](Br)[C@H](c2ccccc2)O[C@H]1Sc1ccccc1. The highest BCUT2D eigenvalue weighted by molar-refractivity contribution is 9.09. The molecule has 104 valence electrons. The van der Waals surface area contributed by atoms with Crippen LogP contribution in [0.3, 0.4) is 0 Å². The van der Waals surface area contributed by atoms with E-state index >= 15 is 0 Å². The first kappa shape index (κ1) is 14.2. The molecule has 4 atom stereocenters. The molecule has 0 aliphatic carbocycles. The second kappa shape index (κ2) is 6.33. The Hall–Kier alpha value is -0.770. The third-order valence-electron chi connectivity index (χ3n) is 3.63. The Bertz CT molecular complexity index is 545. The van der Waals surface area contributed by atoms with Gasteiger partial charge in [-0.3, -0.25) is 0 Å². The summed E-state index contributed by atoms with van der Waals surface area (Å²) in [6.07, 6.45) is 0.132. The van der Waals surface area contributed by atoms with Gasteiger partial charge in [0, 0.05) is 10.8 Å². The summed E-state index contributed by atoms with van der Waals surface area (Å²) in [7, 11) is 0. The van der Waals surface area contributed by atoms with Crippen molar-refractivity contribution < 1.29 is 4.74 Å². The quantitative estimate of drug-likeness (QED) is 0.698. The van der Waals surface area contributed by atoms with Gasteiger partial charge in [-0.1, -0.05) is 83.1 Å². The molecule has 1 nitrogen and oxygen atoms in total. The fraction of sp³-hybridized carbons (Fsp3) is 0.294. The molecule has 0 bridgehead atoms. The lowest BCUT2D eigenvalue weighted by Crippen LogP contribution is -2.14. The van der Waals surface area contributed by atoms with Crippen LogP contribution >= 0.6 is 27.7 Å². The fourth-order valence-corrected chi connectivity index (χ4v) is 4.49. The molecule has 0 amide bonds. The van der Waals surface area contributed by atoms with Gasteiger partial charge in [-0.15, -0.1) is 0 Å². The van der Waals surface area contributed by atoms with Crippen LogP contribution in [0.25, 0.3) is 0 Å². The Labute approximate surface area is 132 Å². The zero-order valence-corrected chi connectivity index (χ0v) is 13.7. The van der Waals surface area contributed by atoms with Crippen LogP contribution in [0, 0.1) is 5.92 Å². The van der Waals surface area contributed by atoms with Gasteiger partial charge in [-0.2, -0.15) is 0 Å². The average molecular weight is 349 g/mol. The summed E-state index contributed by atoms with van der Waals surface area (Å²) in [5.74, 6) is 0.463. The summed E-state index contributed by atoms with van der Waals surface area (Å²) in [6, 6.07) is 20.9. The van der Waals surface area contributed by atoms with E-state index in [0.29, 0.717) is 10.7 Å². The maximum atomic E-state index is 6.29. The molecule has 0 aromatic heterocycles. The van der Waals surface area contributed by atoms with E-state index in [4.69, 9.17) is 4.74 Å². The Morgan fingerprint density at radius 2 is 1.55 bits per heavy atom. The number of rotatable bonds is 3. The molecule has 2 aromatic rings. The molecule has 1 heterocycles. The van der Waals surface area contributed by atoms with Crippen molar-refractivity contribution in [2.75, 3.05) is 0 Å². The number of hydrogen-bond acceptors (Lipinski definition) is 2. The van der Waals surface area contributed by atoms with Gasteiger partial charge in [0.2, 0.25) is 0 Å². The van der Waals surface area contributed by atoms with E-state index in [2.05, 4.69) is 71.4 Å². The van der Waals surface area contributed by atoms with Gasteiger partial charge in [0.15, 0.2) is 0 Å². The highest BCUT2D eigenvalue weighted by Crippen LogP contribution is 2.47. The van der Waals surface area contributed by atoms with Crippen LogP contribution in [0.4, 0.5) is 0 Å². The van der Waals surface area contributed by atoms with Crippen molar-refractivity contribution in [1.29, 1.82) is 0 Å². The molecule has 0 saturated carbocycles. The molecular weight excluding hydrogens is 332 g/mol. The molecule has 1 aliphatic heterocycles. The van der Waals surface area contributed by atoms with Crippen LogP contribution in [0.15, 0.2) is 65.6 Å². The topological polar surface area (TPSA) is 9.23 Å². The first-order chi connectivity index (χ1) is 9.75. The number of thioether (sulfide) groups is 1. The monoisotopic (exact) mass is 348 g/mol. The molecular formula is C17H17BrOS. The number of halogens is 1. The Kier molecular flexibility index (Phi) is 4.49. The van der Waals surface area contributed by atoms with E-state index in [1.165, 1.54) is 10.5 Å². The molecule has 2 aromatic carbocycles. The van der Waals surface area contributed by atoms with Crippen molar-refractivity contribution in [2.24, 2.45) is 5.92 Å². The van der Waals surface area contributed by atoms with Gasteiger partial charge in [0.25, 0.3) is 0 Å². The minimum Gasteiger partial charge on any atom is -0.358 e. The molecule has 1 aliphatic rings. The second-order valence-electron chi connectivity index (χ2n) is 5.07. The maximum absolute atomic E-state index is 6.29. The summed E-state index contributed by atoms with van der Waals surface area (Å²) < 4.78 is 6.29. The summed E-state index contributed by atoms with van der Waals surface area (Å²) >= 11 is 5.63. The molecule has 20 heavy (non-hydrogen) atoms. The molecule has 0 unspecified atom stereocenters. The molecule has 3 rings (SSSR count). The van der Waals surface area contributed by atoms with Crippen molar-refractivity contribution in [3.63, 3.8) is 0 Å². The van der Waals surface area contributed by atoms with Crippen molar-refractivity contribution >= 4 is 27.7 Å². The zero-order chi connectivity index (χ0) is 13.9.